The molecule has 2 heterocycles. The van der Waals surface area contributed by atoms with Gasteiger partial charge in [0.25, 0.3) is 0 Å². The highest BCUT2D eigenvalue weighted by atomic mass is 19.1. The standard InChI is InChI=1S/C22H19F3N2O/c23-16-4-6-20(25)18(12-16)22(28)14-7-10-27(11-8-14)13-15-3-5-19(24)17-2-1-9-26-21(15)17/h1-6,9,12,14H,7-8,10-11,13H2. The fourth-order valence-corrected chi connectivity index (χ4v) is 3.82. The van der Waals surface area contributed by atoms with Crippen LogP contribution >= 0.6 is 0 Å². The Morgan fingerprint density at radius 2 is 1.79 bits per heavy atom. The maximum absolute atomic E-state index is 14.0. The van der Waals surface area contributed by atoms with E-state index >= 15 is 0 Å². The van der Waals surface area contributed by atoms with E-state index in [1.165, 1.54) is 6.07 Å². The quantitative estimate of drug-likeness (QED) is 0.609. The summed E-state index contributed by atoms with van der Waals surface area (Å²) in [6.07, 6.45) is 2.78. The number of carbonyl (C=O) groups excluding carboxylic acids is 1. The monoisotopic (exact) mass is 384 g/mol. The summed E-state index contributed by atoms with van der Waals surface area (Å²) in [4.78, 5) is 19.1. The first kappa shape index (κ1) is 18.6. The number of carbonyl (C=O) groups is 1. The average Bonchev–Trinajstić information content (AvgIpc) is 2.72. The minimum atomic E-state index is -0.683. The summed E-state index contributed by atoms with van der Waals surface area (Å²) in [6.45, 7) is 1.90. The van der Waals surface area contributed by atoms with E-state index in [9.17, 15) is 18.0 Å². The maximum atomic E-state index is 14.0. The third-order valence-electron chi connectivity index (χ3n) is 5.35. The van der Waals surface area contributed by atoms with Gasteiger partial charge < -0.3 is 0 Å². The molecular formula is C22H19F3N2O. The number of rotatable bonds is 4. The normalized spacial score (nSPS) is 15.8. The molecule has 0 saturated carbocycles. The van der Waals surface area contributed by atoms with E-state index in [1.807, 2.05) is 0 Å². The number of pyridine rings is 1. The molecule has 1 fully saturated rings. The van der Waals surface area contributed by atoms with Gasteiger partial charge in [-0.3, -0.25) is 14.7 Å². The van der Waals surface area contributed by atoms with E-state index in [0.717, 1.165) is 23.8 Å². The van der Waals surface area contributed by atoms with Crippen LogP contribution in [0, 0.1) is 23.4 Å². The molecule has 1 saturated heterocycles. The van der Waals surface area contributed by atoms with Gasteiger partial charge >= 0.3 is 0 Å². The first-order chi connectivity index (χ1) is 13.5. The highest BCUT2D eigenvalue weighted by molar-refractivity contribution is 5.98. The lowest BCUT2D eigenvalue weighted by atomic mass is 9.88. The largest absolute Gasteiger partial charge is 0.299 e. The smallest absolute Gasteiger partial charge is 0.169 e. The second-order valence-electron chi connectivity index (χ2n) is 7.14. The molecule has 0 radical (unpaired) electrons. The van der Waals surface area contributed by atoms with Crippen LogP contribution in [0.4, 0.5) is 13.2 Å². The lowest BCUT2D eigenvalue weighted by molar-refractivity contribution is 0.0830. The second kappa shape index (κ2) is 7.72. The number of likely N-dealkylation sites (tertiary alicyclic amines) is 1. The average molecular weight is 384 g/mol. The fourth-order valence-electron chi connectivity index (χ4n) is 3.82. The Labute approximate surface area is 160 Å². The van der Waals surface area contributed by atoms with E-state index < -0.39 is 11.6 Å². The Hall–Kier alpha value is -2.73. The SMILES string of the molecule is O=C(c1cc(F)ccc1F)C1CCN(Cc2ccc(F)c3cccnc23)CC1. The lowest BCUT2D eigenvalue weighted by Gasteiger charge is -2.31. The number of hydrogen-bond donors (Lipinski definition) is 0. The summed E-state index contributed by atoms with van der Waals surface area (Å²) in [6, 6.07) is 9.57. The van der Waals surface area contributed by atoms with Crippen LogP contribution in [-0.4, -0.2) is 28.8 Å². The Bertz CT molecular complexity index is 1030. The van der Waals surface area contributed by atoms with Crippen LogP contribution in [0.3, 0.4) is 0 Å². The molecule has 3 nitrogen and oxygen atoms in total. The minimum Gasteiger partial charge on any atom is -0.299 e. The van der Waals surface area contributed by atoms with Gasteiger partial charge in [0.1, 0.15) is 17.5 Å². The molecule has 0 spiro atoms. The van der Waals surface area contributed by atoms with Crippen molar-refractivity contribution < 1.29 is 18.0 Å². The van der Waals surface area contributed by atoms with Gasteiger partial charge in [-0.2, -0.15) is 0 Å². The third kappa shape index (κ3) is 3.64. The summed E-state index contributed by atoms with van der Waals surface area (Å²) >= 11 is 0. The zero-order valence-corrected chi connectivity index (χ0v) is 15.2. The number of piperidine rings is 1. The van der Waals surface area contributed by atoms with Crippen molar-refractivity contribution in [3.05, 3.63) is 77.2 Å². The molecule has 0 atom stereocenters. The molecule has 0 aliphatic carbocycles. The van der Waals surface area contributed by atoms with Crippen molar-refractivity contribution in [3.63, 3.8) is 0 Å². The van der Waals surface area contributed by atoms with Crippen LogP contribution in [0.5, 0.6) is 0 Å². The molecule has 0 amide bonds. The highest BCUT2D eigenvalue weighted by Crippen LogP contribution is 2.26. The molecule has 28 heavy (non-hydrogen) atoms. The zero-order valence-electron chi connectivity index (χ0n) is 15.2. The van der Waals surface area contributed by atoms with Gasteiger partial charge in [0.15, 0.2) is 5.78 Å². The molecule has 1 aliphatic heterocycles. The van der Waals surface area contributed by atoms with Gasteiger partial charge in [0.05, 0.1) is 11.1 Å². The zero-order chi connectivity index (χ0) is 19.7. The maximum Gasteiger partial charge on any atom is 0.169 e. The Morgan fingerprint density at radius 1 is 1.04 bits per heavy atom. The Balaban J connectivity index is 1.44. The molecule has 6 heteroatoms. The number of ketones is 1. The van der Waals surface area contributed by atoms with E-state index in [-0.39, 0.29) is 23.1 Å². The molecular weight excluding hydrogens is 365 g/mol. The topological polar surface area (TPSA) is 33.2 Å². The van der Waals surface area contributed by atoms with Crippen molar-refractivity contribution in [2.24, 2.45) is 5.92 Å². The van der Waals surface area contributed by atoms with Crippen molar-refractivity contribution in [2.75, 3.05) is 13.1 Å². The Kier molecular flexibility index (Phi) is 5.13. The highest BCUT2D eigenvalue weighted by Gasteiger charge is 2.28. The number of aromatic nitrogens is 1. The number of benzene rings is 2. The number of fused-ring (bicyclic) bond motifs is 1. The van der Waals surface area contributed by atoms with Crippen LogP contribution in [0.25, 0.3) is 10.9 Å². The fraction of sp³-hybridized carbons (Fsp3) is 0.273. The first-order valence-electron chi connectivity index (χ1n) is 9.26. The van der Waals surface area contributed by atoms with Crippen molar-refractivity contribution in [1.29, 1.82) is 0 Å². The van der Waals surface area contributed by atoms with Gasteiger partial charge in [-0.1, -0.05) is 6.07 Å². The van der Waals surface area contributed by atoms with Gasteiger partial charge in [0.2, 0.25) is 0 Å². The van der Waals surface area contributed by atoms with Crippen LogP contribution in [0.1, 0.15) is 28.8 Å². The van der Waals surface area contributed by atoms with Crippen LogP contribution in [0.2, 0.25) is 0 Å². The summed E-state index contributed by atoms with van der Waals surface area (Å²) in [5.41, 5.74) is 1.40. The number of Topliss-reactive ketones (excluding diaryl/α,β-unsaturated/α-hetero) is 1. The van der Waals surface area contributed by atoms with Crippen molar-refractivity contribution in [2.45, 2.75) is 19.4 Å². The molecule has 1 aromatic heterocycles. The molecule has 0 bridgehead atoms. The van der Waals surface area contributed by atoms with Gasteiger partial charge in [-0.05, 0) is 67.9 Å². The summed E-state index contributed by atoms with van der Waals surface area (Å²) in [7, 11) is 0. The molecule has 2 aromatic carbocycles. The summed E-state index contributed by atoms with van der Waals surface area (Å²) < 4.78 is 41.2. The van der Waals surface area contributed by atoms with Crippen molar-refractivity contribution in [3.8, 4) is 0 Å². The van der Waals surface area contributed by atoms with Crippen LogP contribution in [-0.2, 0) is 6.54 Å². The van der Waals surface area contributed by atoms with Crippen molar-refractivity contribution in [1.82, 2.24) is 9.88 Å². The number of halogens is 3. The van der Waals surface area contributed by atoms with E-state index in [4.69, 9.17) is 0 Å². The third-order valence-corrected chi connectivity index (χ3v) is 5.35. The van der Waals surface area contributed by atoms with Crippen LogP contribution < -0.4 is 0 Å². The van der Waals surface area contributed by atoms with Crippen molar-refractivity contribution >= 4 is 16.7 Å². The molecule has 3 aromatic rings. The van der Waals surface area contributed by atoms with E-state index in [0.29, 0.717) is 43.4 Å². The predicted octanol–water partition coefficient (Wildman–Crippen LogP) is 4.75. The summed E-state index contributed by atoms with van der Waals surface area (Å²) in [5.74, 6) is -2.26. The molecule has 144 valence electrons. The van der Waals surface area contributed by atoms with E-state index in [1.54, 1.807) is 24.4 Å². The molecule has 1 aliphatic rings. The molecule has 0 unspecified atom stereocenters. The molecule has 4 rings (SSSR count). The second-order valence-corrected chi connectivity index (χ2v) is 7.14. The van der Waals surface area contributed by atoms with Crippen LogP contribution in [0.15, 0.2) is 48.7 Å². The molecule has 0 N–H and O–H groups in total. The number of nitrogens with zero attached hydrogens (tertiary/aromatic N) is 2. The van der Waals surface area contributed by atoms with E-state index in [2.05, 4.69) is 9.88 Å². The van der Waals surface area contributed by atoms with Gasteiger partial charge in [-0.25, -0.2) is 13.2 Å². The Morgan fingerprint density at radius 3 is 2.57 bits per heavy atom. The first-order valence-corrected chi connectivity index (χ1v) is 9.26. The van der Waals surface area contributed by atoms with Gasteiger partial charge in [0, 0.05) is 24.0 Å². The number of hydrogen-bond acceptors (Lipinski definition) is 3. The summed E-state index contributed by atoms with van der Waals surface area (Å²) in [5, 5.41) is 0.492. The predicted molar refractivity (Wildman–Crippen MR) is 100 cm³/mol. The lowest BCUT2D eigenvalue weighted by Crippen LogP contribution is -2.36. The minimum absolute atomic E-state index is 0.174. The van der Waals surface area contributed by atoms with Gasteiger partial charge in [-0.15, -0.1) is 0 Å².